The Morgan fingerprint density at radius 2 is 2.11 bits per heavy atom. The number of anilines is 1. The molecule has 0 aliphatic carbocycles. The van der Waals surface area contributed by atoms with Crippen molar-refractivity contribution in [3.8, 4) is 0 Å². The van der Waals surface area contributed by atoms with Gasteiger partial charge in [-0.25, -0.2) is 0 Å². The Kier molecular flexibility index (Phi) is 4.84. The van der Waals surface area contributed by atoms with E-state index in [-0.39, 0.29) is 5.91 Å². The van der Waals surface area contributed by atoms with Gasteiger partial charge >= 0.3 is 0 Å². The maximum Gasteiger partial charge on any atom is 0.229 e. The van der Waals surface area contributed by atoms with Crippen LogP contribution in [0.3, 0.4) is 0 Å². The minimum absolute atomic E-state index is 0.0432. The summed E-state index contributed by atoms with van der Waals surface area (Å²) in [5, 5.41) is 4.97. The van der Waals surface area contributed by atoms with E-state index < -0.39 is 0 Å². The van der Waals surface area contributed by atoms with Crippen molar-refractivity contribution in [1.82, 2.24) is 0 Å². The lowest BCUT2D eigenvalue weighted by Crippen LogP contribution is -2.14. The van der Waals surface area contributed by atoms with E-state index in [9.17, 15) is 4.79 Å². The van der Waals surface area contributed by atoms with E-state index in [2.05, 4.69) is 12.2 Å². The minimum Gasteiger partial charge on any atom is -0.325 e. The molecule has 0 spiro atoms. The van der Waals surface area contributed by atoms with Gasteiger partial charge in [-0.3, -0.25) is 4.79 Å². The van der Waals surface area contributed by atoms with E-state index in [1.807, 2.05) is 41.8 Å². The van der Waals surface area contributed by atoms with Gasteiger partial charge in [0.15, 0.2) is 0 Å². The fourth-order valence-corrected chi connectivity index (χ4v) is 3.08. The van der Waals surface area contributed by atoms with E-state index in [0.29, 0.717) is 6.42 Å². The molecule has 1 heterocycles. The molecule has 0 saturated heterocycles. The lowest BCUT2D eigenvalue weighted by Gasteiger charge is -2.09. The van der Waals surface area contributed by atoms with Crippen molar-refractivity contribution in [1.29, 1.82) is 0 Å². The minimum atomic E-state index is 0.0432. The Labute approximate surface area is 115 Å². The van der Waals surface area contributed by atoms with Crippen LogP contribution in [0.5, 0.6) is 0 Å². The topological polar surface area (TPSA) is 29.1 Å². The first kappa shape index (κ1) is 13.2. The van der Waals surface area contributed by atoms with Crippen molar-refractivity contribution in [3.63, 3.8) is 0 Å². The summed E-state index contributed by atoms with van der Waals surface area (Å²) in [4.78, 5) is 14.1. The number of thioether (sulfide) groups is 1. The van der Waals surface area contributed by atoms with E-state index in [0.717, 1.165) is 21.2 Å². The summed E-state index contributed by atoms with van der Waals surface area (Å²) < 4.78 is 0. The highest BCUT2D eigenvalue weighted by Crippen LogP contribution is 2.26. The van der Waals surface area contributed by atoms with Crippen molar-refractivity contribution in [2.45, 2.75) is 18.2 Å². The number of thiophene rings is 1. The third-order valence-corrected chi connectivity index (χ3v) is 4.21. The van der Waals surface area contributed by atoms with Crippen molar-refractivity contribution < 1.29 is 4.79 Å². The zero-order valence-electron chi connectivity index (χ0n) is 10.2. The molecule has 0 aliphatic rings. The molecule has 2 rings (SSSR count). The number of benzene rings is 1. The number of para-hydroxylation sites is 1. The molecule has 4 heteroatoms. The normalized spacial score (nSPS) is 10.3. The van der Waals surface area contributed by atoms with Gasteiger partial charge < -0.3 is 5.32 Å². The molecular weight excluding hydrogens is 262 g/mol. The lowest BCUT2D eigenvalue weighted by molar-refractivity contribution is -0.115. The average Bonchev–Trinajstić information content (AvgIpc) is 2.84. The van der Waals surface area contributed by atoms with Gasteiger partial charge in [0.1, 0.15) is 0 Å². The maximum absolute atomic E-state index is 11.9. The van der Waals surface area contributed by atoms with Crippen molar-refractivity contribution in [2.75, 3.05) is 11.1 Å². The summed E-state index contributed by atoms with van der Waals surface area (Å²) in [6.07, 6.45) is 0.447. The molecule has 0 radical (unpaired) electrons. The predicted molar refractivity (Wildman–Crippen MR) is 79.5 cm³/mol. The molecular formula is C14H15NOS2. The third-order valence-electron chi connectivity index (χ3n) is 2.38. The summed E-state index contributed by atoms with van der Waals surface area (Å²) >= 11 is 3.35. The van der Waals surface area contributed by atoms with Crippen LogP contribution in [0.25, 0.3) is 0 Å². The first-order valence-corrected chi connectivity index (χ1v) is 7.70. The molecule has 0 bridgehead atoms. The molecule has 1 amide bonds. The molecule has 0 fully saturated rings. The van der Waals surface area contributed by atoms with Gasteiger partial charge in [0, 0.05) is 9.77 Å². The number of nitrogens with one attached hydrogen (secondary N) is 1. The van der Waals surface area contributed by atoms with Crippen LogP contribution in [0.4, 0.5) is 5.69 Å². The molecule has 2 aromatic rings. The van der Waals surface area contributed by atoms with Gasteiger partial charge in [-0.2, -0.15) is 0 Å². The van der Waals surface area contributed by atoms with Gasteiger partial charge in [-0.15, -0.1) is 23.1 Å². The molecule has 1 aromatic carbocycles. The molecule has 0 saturated carbocycles. The molecule has 0 aliphatic heterocycles. The zero-order valence-corrected chi connectivity index (χ0v) is 11.8. The van der Waals surface area contributed by atoms with Crippen molar-refractivity contribution in [2.24, 2.45) is 0 Å². The number of carbonyl (C=O) groups is 1. The largest absolute Gasteiger partial charge is 0.325 e. The quantitative estimate of drug-likeness (QED) is 0.836. The Morgan fingerprint density at radius 3 is 2.83 bits per heavy atom. The van der Waals surface area contributed by atoms with Crippen LogP contribution in [0, 0.1) is 0 Å². The number of carbonyl (C=O) groups excluding carboxylic acids is 1. The smallest absolute Gasteiger partial charge is 0.229 e. The summed E-state index contributed by atoms with van der Waals surface area (Å²) in [6, 6.07) is 11.9. The first-order chi connectivity index (χ1) is 8.79. The van der Waals surface area contributed by atoms with Gasteiger partial charge in [0.25, 0.3) is 0 Å². The molecule has 1 aromatic heterocycles. The molecule has 0 unspecified atom stereocenters. The van der Waals surface area contributed by atoms with Crippen LogP contribution >= 0.6 is 23.1 Å². The number of rotatable bonds is 5. The summed E-state index contributed by atoms with van der Waals surface area (Å²) in [6.45, 7) is 2.11. The first-order valence-electron chi connectivity index (χ1n) is 5.83. The second-order valence-electron chi connectivity index (χ2n) is 3.73. The molecule has 1 N–H and O–H groups in total. The monoisotopic (exact) mass is 277 g/mol. The second kappa shape index (κ2) is 6.61. The summed E-state index contributed by atoms with van der Waals surface area (Å²) in [5.74, 6) is 1.04. The average molecular weight is 277 g/mol. The molecule has 2 nitrogen and oxygen atoms in total. The Hall–Kier alpha value is -1.26. The molecule has 94 valence electrons. The fraction of sp³-hybridized carbons (Fsp3) is 0.214. The highest BCUT2D eigenvalue weighted by atomic mass is 32.2. The maximum atomic E-state index is 11.9. The summed E-state index contributed by atoms with van der Waals surface area (Å²) in [7, 11) is 0. The molecule has 18 heavy (non-hydrogen) atoms. The number of amides is 1. The fourth-order valence-electron chi connectivity index (χ4n) is 1.62. The van der Waals surface area contributed by atoms with Crippen LogP contribution in [-0.2, 0) is 11.2 Å². The third kappa shape index (κ3) is 3.62. The lowest BCUT2D eigenvalue weighted by atomic mass is 10.3. The highest BCUT2D eigenvalue weighted by Gasteiger charge is 2.07. The van der Waals surface area contributed by atoms with Crippen LogP contribution in [-0.4, -0.2) is 11.7 Å². The van der Waals surface area contributed by atoms with Gasteiger partial charge in [0.2, 0.25) is 5.91 Å². The summed E-state index contributed by atoms with van der Waals surface area (Å²) in [5.41, 5.74) is 0.908. The van der Waals surface area contributed by atoms with Crippen LogP contribution in [0.15, 0.2) is 46.7 Å². The van der Waals surface area contributed by atoms with Crippen LogP contribution in [0.2, 0.25) is 0 Å². The molecule has 0 atom stereocenters. The second-order valence-corrected chi connectivity index (χ2v) is 6.07. The van der Waals surface area contributed by atoms with Crippen molar-refractivity contribution in [3.05, 3.63) is 46.7 Å². The van der Waals surface area contributed by atoms with E-state index in [1.165, 1.54) is 0 Å². The highest BCUT2D eigenvalue weighted by molar-refractivity contribution is 7.99. The van der Waals surface area contributed by atoms with Crippen LogP contribution < -0.4 is 5.32 Å². The Morgan fingerprint density at radius 1 is 1.28 bits per heavy atom. The number of hydrogen-bond acceptors (Lipinski definition) is 3. The van der Waals surface area contributed by atoms with Gasteiger partial charge in [0.05, 0.1) is 12.1 Å². The SMILES string of the molecule is CCSc1ccccc1NC(=O)Cc1cccs1. The van der Waals surface area contributed by atoms with Gasteiger partial charge in [-0.05, 0) is 29.3 Å². The van der Waals surface area contributed by atoms with E-state index >= 15 is 0 Å². The predicted octanol–water partition coefficient (Wildman–Crippen LogP) is 4.04. The Balaban J connectivity index is 2.02. The van der Waals surface area contributed by atoms with Gasteiger partial charge in [-0.1, -0.05) is 25.1 Å². The van der Waals surface area contributed by atoms with Crippen LogP contribution in [0.1, 0.15) is 11.8 Å². The Bertz CT molecular complexity index is 508. The van der Waals surface area contributed by atoms with E-state index in [4.69, 9.17) is 0 Å². The van der Waals surface area contributed by atoms with E-state index in [1.54, 1.807) is 23.1 Å². The number of hydrogen-bond donors (Lipinski definition) is 1. The van der Waals surface area contributed by atoms with Crippen molar-refractivity contribution >= 4 is 34.7 Å². The zero-order chi connectivity index (χ0) is 12.8. The standard InChI is InChI=1S/C14H15NOS2/c1-2-17-13-8-4-3-7-12(13)15-14(16)10-11-6-5-9-18-11/h3-9H,2,10H2,1H3,(H,15,16).